The third-order valence-electron chi connectivity index (χ3n) is 2.49. The largest absolute Gasteiger partial charge is 0.472 e. The summed E-state index contributed by atoms with van der Waals surface area (Å²) in [6, 6.07) is 10.5. The van der Waals surface area contributed by atoms with Gasteiger partial charge in [-0.25, -0.2) is 0 Å². The van der Waals surface area contributed by atoms with Crippen LogP contribution in [0.5, 0.6) is 0 Å². The predicted octanol–water partition coefficient (Wildman–Crippen LogP) is 3.74. The van der Waals surface area contributed by atoms with Crippen molar-refractivity contribution in [1.82, 2.24) is 5.32 Å². The Morgan fingerprint density at radius 2 is 1.94 bits per heavy atom. The van der Waals surface area contributed by atoms with E-state index in [0.29, 0.717) is 0 Å². The molecule has 0 fully saturated rings. The molecule has 1 atom stereocenters. The number of nitrogens with one attached hydrogen (secondary N) is 1. The molecule has 1 unspecified atom stereocenters. The van der Waals surface area contributed by atoms with Gasteiger partial charge in [0.25, 0.3) is 0 Å². The van der Waals surface area contributed by atoms with Gasteiger partial charge in [0.15, 0.2) is 0 Å². The molecule has 1 aromatic carbocycles. The Morgan fingerprint density at radius 3 is 2.50 bits per heavy atom. The molecule has 0 aliphatic heterocycles. The summed E-state index contributed by atoms with van der Waals surface area (Å²) in [5.41, 5.74) is 2.40. The molecule has 0 saturated heterocycles. The van der Waals surface area contributed by atoms with Gasteiger partial charge in [-0.15, -0.1) is 0 Å². The fraction of sp³-hybridized carbons (Fsp3) is 0.231. The molecule has 16 heavy (non-hydrogen) atoms. The van der Waals surface area contributed by atoms with E-state index in [9.17, 15) is 0 Å². The Morgan fingerprint density at radius 1 is 1.19 bits per heavy atom. The standard InChI is InChI=1S/C13H14BrNO/c1-2-15-13(11-7-8-16-9-11)10-3-5-12(14)6-4-10/h3-9,13,15H,2H2,1H3. The first-order valence-corrected chi connectivity index (χ1v) is 6.11. The van der Waals surface area contributed by atoms with Gasteiger partial charge < -0.3 is 9.73 Å². The molecule has 3 heteroatoms. The van der Waals surface area contributed by atoms with E-state index >= 15 is 0 Å². The SMILES string of the molecule is CCNC(c1ccc(Br)cc1)c1ccoc1. The summed E-state index contributed by atoms with van der Waals surface area (Å²) in [6.45, 7) is 3.03. The third kappa shape index (κ3) is 2.54. The average Bonchev–Trinajstić information content (AvgIpc) is 2.81. The number of hydrogen-bond acceptors (Lipinski definition) is 2. The molecule has 0 aliphatic rings. The van der Waals surface area contributed by atoms with Crippen molar-refractivity contribution in [3.8, 4) is 0 Å². The molecule has 84 valence electrons. The molecule has 1 heterocycles. The fourth-order valence-electron chi connectivity index (χ4n) is 1.73. The quantitative estimate of drug-likeness (QED) is 0.922. The minimum absolute atomic E-state index is 0.205. The van der Waals surface area contributed by atoms with Gasteiger partial charge in [0.05, 0.1) is 18.6 Å². The lowest BCUT2D eigenvalue weighted by Gasteiger charge is -2.16. The lowest BCUT2D eigenvalue weighted by Crippen LogP contribution is -2.21. The molecule has 0 radical (unpaired) electrons. The molecular formula is C13H14BrNO. The average molecular weight is 280 g/mol. The van der Waals surface area contributed by atoms with Gasteiger partial charge in [-0.05, 0) is 30.3 Å². The highest BCUT2D eigenvalue weighted by molar-refractivity contribution is 9.10. The summed E-state index contributed by atoms with van der Waals surface area (Å²) in [6.07, 6.45) is 3.49. The van der Waals surface area contributed by atoms with Gasteiger partial charge in [-0.3, -0.25) is 0 Å². The zero-order valence-corrected chi connectivity index (χ0v) is 10.7. The lowest BCUT2D eigenvalue weighted by molar-refractivity contribution is 0.553. The second-order valence-corrected chi connectivity index (χ2v) is 4.51. The first-order valence-electron chi connectivity index (χ1n) is 5.32. The van der Waals surface area contributed by atoms with E-state index in [4.69, 9.17) is 4.42 Å². The molecule has 2 rings (SSSR count). The van der Waals surface area contributed by atoms with Crippen molar-refractivity contribution in [1.29, 1.82) is 0 Å². The molecule has 0 saturated carbocycles. The molecule has 0 bridgehead atoms. The number of halogens is 1. The second kappa shape index (κ2) is 5.32. The van der Waals surface area contributed by atoms with Crippen molar-refractivity contribution in [3.05, 3.63) is 58.5 Å². The van der Waals surface area contributed by atoms with Gasteiger partial charge in [0, 0.05) is 10.0 Å². The van der Waals surface area contributed by atoms with Crippen LogP contribution in [0.25, 0.3) is 0 Å². The van der Waals surface area contributed by atoms with E-state index in [2.05, 4.69) is 52.4 Å². The summed E-state index contributed by atoms with van der Waals surface area (Å²) >= 11 is 3.44. The highest BCUT2D eigenvalue weighted by Crippen LogP contribution is 2.23. The summed E-state index contributed by atoms with van der Waals surface area (Å²) in [5, 5.41) is 3.45. The molecular weight excluding hydrogens is 266 g/mol. The molecule has 2 nitrogen and oxygen atoms in total. The summed E-state index contributed by atoms with van der Waals surface area (Å²) in [4.78, 5) is 0. The van der Waals surface area contributed by atoms with Crippen LogP contribution in [0, 0.1) is 0 Å². The van der Waals surface area contributed by atoms with E-state index in [-0.39, 0.29) is 6.04 Å². The maximum absolute atomic E-state index is 5.14. The summed E-state index contributed by atoms with van der Waals surface area (Å²) < 4.78 is 6.23. The predicted molar refractivity (Wildman–Crippen MR) is 68.4 cm³/mol. The Bertz CT molecular complexity index is 422. The van der Waals surface area contributed by atoms with E-state index in [1.54, 1.807) is 12.5 Å². The van der Waals surface area contributed by atoms with E-state index in [1.165, 1.54) is 5.56 Å². The highest BCUT2D eigenvalue weighted by atomic mass is 79.9. The fourth-order valence-corrected chi connectivity index (χ4v) is 1.99. The van der Waals surface area contributed by atoms with Gasteiger partial charge >= 0.3 is 0 Å². The normalized spacial score (nSPS) is 12.6. The van der Waals surface area contributed by atoms with E-state index < -0.39 is 0 Å². The third-order valence-corrected chi connectivity index (χ3v) is 3.02. The first-order chi connectivity index (χ1) is 7.81. The number of rotatable bonds is 4. The van der Waals surface area contributed by atoms with Crippen LogP contribution in [0.4, 0.5) is 0 Å². The summed E-state index contributed by atoms with van der Waals surface area (Å²) in [7, 11) is 0. The molecule has 1 N–H and O–H groups in total. The Hall–Kier alpha value is -1.06. The molecule has 0 spiro atoms. The molecule has 1 aromatic heterocycles. The monoisotopic (exact) mass is 279 g/mol. The van der Waals surface area contributed by atoms with Crippen LogP contribution in [0.15, 0.2) is 51.7 Å². The molecule has 0 aliphatic carbocycles. The van der Waals surface area contributed by atoms with Crippen LogP contribution in [0.2, 0.25) is 0 Å². The van der Waals surface area contributed by atoms with Crippen molar-refractivity contribution in [2.45, 2.75) is 13.0 Å². The Balaban J connectivity index is 2.29. The highest BCUT2D eigenvalue weighted by Gasteiger charge is 2.13. The first kappa shape index (κ1) is 11.4. The maximum Gasteiger partial charge on any atom is 0.0953 e. The number of furan rings is 1. The minimum Gasteiger partial charge on any atom is -0.472 e. The maximum atomic E-state index is 5.14. The van der Waals surface area contributed by atoms with Crippen molar-refractivity contribution >= 4 is 15.9 Å². The van der Waals surface area contributed by atoms with Crippen LogP contribution >= 0.6 is 15.9 Å². The number of benzene rings is 1. The van der Waals surface area contributed by atoms with Crippen LogP contribution in [0.3, 0.4) is 0 Å². The van der Waals surface area contributed by atoms with Crippen molar-refractivity contribution in [3.63, 3.8) is 0 Å². The number of hydrogen-bond donors (Lipinski definition) is 1. The van der Waals surface area contributed by atoms with E-state index in [1.807, 2.05) is 6.07 Å². The topological polar surface area (TPSA) is 25.2 Å². The van der Waals surface area contributed by atoms with Crippen molar-refractivity contribution < 1.29 is 4.42 Å². The van der Waals surface area contributed by atoms with Gasteiger partial charge in [0.2, 0.25) is 0 Å². The zero-order valence-electron chi connectivity index (χ0n) is 9.11. The Kier molecular flexibility index (Phi) is 3.80. The Labute approximate surface area is 104 Å². The van der Waals surface area contributed by atoms with Crippen LogP contribution in [0.1, 0.15) is 24.1 Å². The van der Waals surface area contributed by atoms with Crippen molar-refractivity contribution in [2.24, 2.45) is 0 Å². The minimum atomic E-state index is 0.205. The smallest absolute Gasteiger partial charge is 0.0953 e. The second-order valence-electron chi connectivity index (χ2n) is 3.60. The summed E-state index contributed by atoms with van der Waals surface area (Å²) in [5.74, 6) is 0. The van der Waals surface area contributed by atoms with Crippen molar-refractivity contribution in [2.75, 3.05) is 6.54 Å². The lowest BCUT2D eigenvalue weighted by atomic mass is 10.0. The van der Waals surface area contributed by atoms with E-state index in [0.717, 1.165) is 16.6 Å². The van der Waals surface area contributed by atoms with Gasteiger partial charge in [-0.2, -0.15) is 0 Å². The molecule has 0 amide bonds. The van der Waals surface area contributed by atoms with Crippen LogP contribution in [-0.2, 0) is 0 Å². The zero-order chi connectivity index (χ0) is 11.4. The van der Waals surface area contributed by atoms with Crippen LogP contribution < -0.4 is 5.32 Å². The molecule has 2 aromatic rings. The van der Waals surface area contributed by atoms with Crippen LogP contribution in [-0.4, -0.2) is 6.54 Å². The van der Waals surface area contributed by atoms with Gasteiger partial charge in [0.1, 0.15) is 0 Å². The van der Waals surface area contributed by atoms with Gasteiger partial charge in [-0.1, -0.05) is 35.0 Å².